The maximum absolute atomic E-state index is 13.7. The number of ketones is 2. The number of imide groups is 5. The molecule has 10 aliphatic rings. The third-order valence-corrected chi connectivity index (χ3v) is 32.5. The third kappa shape index (κ3) is 17.5. The summed E-state index contributed by atoms with van der Waals surface area (Å²) in [7, 11) is 14.7. The van der Waals surface area contributed by atoms with Gasteiger partial charge in [0.25, 0.3) is 82.7 Å². The molecule has 0 N–H and O–H groups in total. The van der Waals surface area contributed by atoms with Crippen molar-refractivity contribution in [2.24, 2.45) is 27.6 Å². The lowest BCUT2D eigenvalue weighted by Gasteiger charge is -2.34. The second kappa shape index (κ2) is 35.5. The number of rotatable bonds is 0. The van der Waals surface area contributed by atoms with Gasteiger partial charge >= 0.3 is 0 Å². The summed E-state index contributed by atoms with van der Waals surface area (Å²) in [6, 6.07) is 7.77. The van der Waals surface area contributed by atoms with Crippen LogP contribution in [-0.2, 0) is 62.5 Å². The fourth-order valence-corrected chi connectivity index (χ4v) is 25.3. The van der Waals surface area contributed by atoms with E-state index in [0.29, 0.717) is 99.8 Å². The van der Waals surface area contributed by atoms with E-state index in [1.165, 1.54) is 33.7 Å². The van der Waals surface area contributed by atoms with Crippen molar-refractivity contribution < 1.29 is 76.7 Å². The molecule has 0 atom stereocenters. The summed E-state index contributed by atoms with van der Waals surface area (Å²) in [5.41, 5.74) is 17.4. The molecular weight excluding hydrogens is 1890 g/mol. The summed E-state index contributed by atoms with van der Waals surface area (Å²) >= 11 is 1.62. The Morgan fingerprint density at radius 3 is 0.685 bits per heavy atom. The predicted octanol–water partition coefficient (Wildman–Crippen LogP) is 23.7. The van der Waals surface area contributed by atoms with Crippen LogP contribution in [0.25, 0.3) is 43.1 Å². The number of allylic oxidation sites excluding steroid dienone is 2. The first-order valence-corrected chi connectivity index (χ1v) is 52.3. The van der Waals surface area contributed by atoms with Gasteiger partial charge < -0.3 is 19.6 Å². The molecular formula is C123H155N9O16S. The molecule has 0 saturated heterocycles. The minimum atomic E-state index is -0.780. The Morgan fingerprint density at radius 1 is 0.215 bits per heavy atom. The average molecular weight is 2050 g/mol. The number of hydrogen-bond donors (Lipinski definition) is 0. The van der Waals surface area contributed by atoms with E-state index in [4.69, 9.17) is 0 Å². The van der Waals surface area contributed by atoms with Crippen molar-refractivity contribution in [1.29, 1.82) is 0 Å². The van der Waals surface area contributed by atoms with Crippen LogP contribution in [0.5, 0.6) is 0 Å². The highest BCUT2D eigenvalue weighted by Crippen LogP contribution is 2.58. The molecule has 14 amide bonds. The van der Waals surface area contributed by atoms with E-state index in [2.05, 4.69) is 138 Å². The highest BCUT2D eigenvalue weighted by molar-refractivity contribution is 7.13. The Balaban J connectivity index is 0.000000154. The number of fused-ring (bicyclic) bond motifs is 8. The van der Waals surface area contributed by atoms with Gasteiger partial charge in [-0.3, -0.25) is 101 Å². The van der Waals surface area contributed by atoms with Crippen LogP contribution in [0.3, 0.4) is 0 Å². The number of hydrogen-bond acceptors (Lipinski definition) is 17. The summed E-state index contributed by atoms with van der Waals surface area (Å²) in [5, 5.41) is 7.13. The molecule has 0 fully saturated rings. The van der Waals surface area contributed by atoms with E-state index in [0.717, 1.165) is 125 Å². The van der Waals surface area contributed by atoms with E-state index in [1.54, 1.807) is 87.2 Å². The highest BCUT2D eigenvalue weighted by Gasteiger charge is 2.57. The molecule has 0 radical (unpaired) electrons. The van der Waals surface area contributed by atoms with Crippen LogP contribution in [0.15, 0.2) is 69.3 Å². The van der Waals surface area contributed by atoms with Gasteiger partial charge in [-0.15, -0.1) is 11.3 Å². The zero-order chi connectivity index (χ0) is 114. The van der Waals surface area contributed by atoms with Crippen LogP contribution < -0.4 is 0 Å². The molecule has 18 rings (SSSR count). The second-order valence-electron chi connectivity index (χ2n) is 54.6. The van der Waals surface area contributed by atoms with E-state index >= 15 is 0 Å². The number of carbonyl (C=O) groups excluding carboxylic acids is 16. The van der Waals surface area contributed by atoms with Crippen LogP contribution in [0, 0.1) is 55.3 Å². The number of amides is 14. The molecule has 7 aromatic carbocycles. The van der Waals surface area contributed by atoms with Crippen molar-refractivity contribution >= 4 is 149 Å². The Labute approximate surface area is 883 Å². The average Bonchev–Trinajstić information content (AvgIpc) is 1.62. The van der Waals surface area contributed by atoms with Gasteiger partial charge in [0.15, 0.2) is 11.6 Å². The molecule has 1 aliphatic carbocycles. The largest absolute Gasteiger partial charge is 0.314 e. The van der Waals surface area contributed by atoms with Gasteiger partial charge in [0.1, 0.15) is 0 Å². The molecule has 26 heteroatoms. The molecule has 149 heavy (non-hydrogen) atoms. The normalized spacial score (nSPS) is 17.6. The summed E-state index contributed by atoms with van der Waals surface area (Å²) in [6.07, 6.45) is 0. The van der Waals surface area contributed by atoms with Crippen LogP contribution in [-0.4, -0.2) is 202 Å². The van der Waals surface area contributed by atoms with Gasteiger partial charge in [-0.25, -0.2) is 0 Å². The molecule has 9 aliphatic heterocycles. The predicted molar refractivity (Wildman–Crippen MR) is 590 cm³/mol. The first-order chi connectivity index (χ1) is 67.2. The van der Waals surface area contributed by atoms with Gasteiger partial charge in [-0.2, -0.15) is 0 Å². The van der Waals surface area contributed by atoms with Crippen LogP contribution in [0.1, 0.15) is 446 Å². The van der Waals surface area contributed by atoms with Crippen molar-refractivity contribution in [2.75, 3.05) is 63.4 Å². The second-order valence-corrected chi connectivity index (χ2v) is 55.6. The van der Waals surface area contributed by atoms with E-state index in [-0.39, 0.29) is 137 Å². The molecule has 10 heterocycles. The molecule has 1 aromatic heterocycles. The Kier molecular flexibility index (Phi) is 27.1. The standard InChI is InChI=1S/C36H34N2O4.C21H25NO4.C19H27NO2.2C16H24N2O2.C15H21NO2S/c1-15-11-17-25-18(32(40)37(9)31(17)39)12-16(2)24-28-22(36(6,7)8)14-20-26-19(33(41)38(10)34(20)42)13-21(35(3,4)5)27(30(26)28)23(15)29(24)25;1-9-16(23)10-11(17(9)24)15(21(5,6)7)13-12(14(10)20(2,3)4)18(25)22(8)19(13)26;1-10-11(2)15(19(6,7)8)13-12(14(10)18(3,4)5)16(21)20(9)17(13)22;1-15(2,3)9-11-12(18(8)13(9)19)10(16(4,5)6)14(20)17(11)7;1-15(2,3)11-9-10(14(20)17(11)7)12(16(4,5)6)18(8)13(9)19;1-14(2,3)10-8-9(11(19-10)15(4,5)6)13(18)16(7)12(8)17/h11-14H,1-10H3;9H,1-8H3;1-9H3;2*1-8H3;1-7H3. The Hall–Kier alpha value is -12.6. The van der Waals surface area contributed by atoms with Crippen molar-refractivity contribution in [3.05, 3.63) is 201 Å². The molecule has 0 saturated carbocycles. The van der Waals surface area contributed by atoms with Crippen LogP contribution in [0.2, 0.25) is 0 Å². The third-order valence-electron chi connectivity index (χ3n) is 30.4. The smallest absolute Gasteiger partial charge is 0.262 e. The lowest BCUT2D eigenvalue weighted by atomic mass is 9.71. The molecule has 0 bridgehead atoms. The molecule has 8 aromatic rings. The lowest BCUT2D eigenvalue weighted by Crippen LogP contribution is -2.38. The van der Waals surface area contributed by atoms with Gasteiger partial charge in [0.2, 0.25) is 0 Å². The maximum atomic E-state index is 13.7. The zero-order valence-electron chi connectivity index (χ0n) is 97.9. The van der Waals surface area contributed by atoms with Gasteiger partial charge in [-0.1, -0.05) is 249 Å². The number of Topliss-reactive ketones (excluding diaryl/α,β-unsaturated/α-hetero) is 2. The zero-order valence-corrected chi connectivity index (χ0v) is 98.7. The Morgan fingerprint density at radius 2 is 0.450 bits per heavy atom. The van der Waals surface area contributed by atoms with Crippen LogP contribution >= 0.6 is 11.3 Å². The van der Waals surface area contributed by atoms with Gasteiger partial charge in [0, 0.05) is 151 Å². The first-order valence-electron chi connectivity index (χ1n) is 51.4. The summed E-state index contributed by atoms with van der Waals surface area (Å²) in [4.78, 5) is 222. The minimum Gasteiger partial charge on any atom is -0.314 e. The van der Waals surface area contributed by atoms with Gasteiger partial charge in [0.05, 0.1) is 61.8 Å². The number of nitrogens with zero attached hydrogens (tertiary/aromatic N) is 9. The number of carbonyl (C=O) groups is 16. The van der Waals surface area contributed by atoms with E-state index in [9.17, 15) is 76.7 Å². The first kappa shape index (κ1) is 114. The summed E-state index contributed by atoms with van der Waals surface area (Å²) in [6.45, 7) is 83.4. The SMILES string of the molecule is CC1C(=O)c2c(c(C(C)(C)C)c3c(c2C(C)(C)C)C(=O)N(C)C3=O)C1=O.CN1C(=O)C(C(C)(C)C)=C2C1=C(C(C)(C)C)C(=O)N2C.CN1C(=O)C2=C(C(C)(C)C)N(C)C(=O)C2=C1C(C)(C)C.CN1C(=O)c2c(C(C)(C)C)sc(C(C)(C)C)c2C1=O.Cc1c(C)c(C(C)(C)C)c2c(c1C(C)(C)C)C(=O)N(C)C2=O.Cc1cc2c3c(cc(C)c4c5c(C(C)(C)C)cc6c7c(cc(C(C)(C)C)c(c1c34)c75)C(=O)N(C)C6=O)C(=O)N(C)C2=O. The maximum Gasteiger partial charge on any atom is 0.262 e. The van der Waals surface area contributed by atoms with E-state index in [1.807, 2.05) is 163 Å². The molecule has 0 unspecified atom stereocenters. The summed E-state index contributed by atoms with van der Waals surface area (Å²) in [5.74, 6) is -4.07. The highest BCUT2D eigenvalue weighted by atomic mass is 32.1. The Bertz CT molecular complexity index is 7180. The number of likely N-dealkylation sites (N-methyl/N-ethyl adjacent to an activating group) is 4. The molecule has 25 nitrogen and oxygen atoms in total. The number of aryl methyl sites for hydroxylation is 2. The number of thiophene rings is 1. The monoisotopic (exact) mass is 2050 g/mol. The topological polar surface area (TPSA) is 302 Å². The molecule has 0 spiro atoms. The lowest BCUT2D eigenvalue weighted by molar-refractivity contribution is -0.126. The van der Waals surface area contributed by atoms with Crippen LogP contribution in [0.4, 0.5) is 0 Å². The minimum absolute atomic E-state index is 0.00333. The fourth-order valence-electron chi connectivity index (χ4n) is 23.9. The van der Waals surface area contributed by atoms with Crippen molar-refractivity contribution in [1.82, 2.24) is 44.1 Å². The van der Waals surface area contributed by atoms with Crippen molar-refractivity contribution in [3.63, 3.8) is 0 Å². The fraction of sp³-hybridized carbons (Fsp3) is 0.512. The number of benzene rings is 7. The van der Waals surface area contributed by atoms with Gasteiger partial charge in [-0.05, 0) is 201 Å². The summed E-state index contributed by atoms with van der Waals surface area (Å²) < 4.78 is 0. The quantitative estimate of drug-likeness (QED) is 0.0589. The molecule has 794 valence electrons. The van der Waals surface area contributed by atoms with Crippen molar-refractivity contribution in [3.8, 4) is 0 Å². The van der Waals surface area contributed by atoms with E-state index < -0.39 is 28.6 Å². The van der Waals surface area contributed by atoms with Crippen molar-refractivity contribution in [2.45, 2.75) is 327 Å².